The van der Waals surface area contributed by atoms with Crippen LogP contribution in [0.4, 0.5) is 5.82 Å². The summed E-state index contributed by atoms with van der Waals surface area (Å²) in [5.74, 6) is 7.51. The summed E-state index contributed by atoms with van der Waals surface area (Å²) in [4.78, 5) is 8.38. The van der Waals surface area contributed by atoms with Crippen LogP contribution in [0.2, 0.25) is 0 Å². The number of ether oxygens (including phenoxy) is 1. The van der Waals surface area contributed by atoms with Crippen molar-refractivity contribution in [3.8, 4) is 11.6 Å². The Balaban J connectivity index is 2.37. The molecule has 2 rings (SSSR count). The van der Waals surface area contributed by atoms with Gasteiger partial charge in [-0.05, 0) is 24.5 Å². The zero-order chi connectivity index (χ0) is 14.4. The van der Waals surface area contributed by atoms with Crippen LogP contribution in [0.5, 0.6) is 11.6 Å². The molecule has 0 aliphatic rings. The third kappa shape index (κ3) is 3.05. The van der Waals surface area contributed by atoms with E-state index in [1.807, 2.05) is 18.2 Å². The Labute approximate surface area is 119 Å². The van der Waals surface area contributed by atoms with E-state index in [1.165, 1.54) is 6.33 Å². The molecule has 2 aromatic rings. The number of rotatable bonds is 6. The molecule has 5 nitrogen and oxygen atoms in total. The number of anilines is 1. The minimum Gasteiger partial charge on any atom is -0.438 e. The molecule has 0 aliphatic carbocycles. The molecule has 0 amide bonds. The van der Waals surface area contributed by atoms with Gasteiger partial charge in [-0.1, -0.05) is 38.5 Å². The van der Waals surface area contributed by atoms with E-state index in [9.17, 15) is 0 Å². The molecule has 106 valence electrons. The Hall–Kier alpha value is -2.14. The SMILES string of the molecule is CCCc1c(NN)ncnc1Oc1ccccc1CC. The lowest BCUT2D eigenvalue weighted by Gasteiger charge is -2.14. The van der Waals surface area contributed by atoms with Gasteiger partial charge in [-0.3, -0.25) is 0 Å². The van der Waals surface area contributed by atoms with Gasteiger partial charge >= 0.3 is 0 Å². The van der Waals surface area contributed by atoms with Crippen molar-refractivity contribution in [3.63, 3.8) is 0 Å². The number of hydrogen-bond donors (Lipinski definition) is 2. The number of benzene rings is 1. The highest BCUT2D eigenvalue weighted by molar-refractivity contribution is 5.49. The van der Waals surface area contributed by atoms with Crippen molar-refractivity contribution in [1.82, 2.24) is 9.97 Å². The molecule has 1 aromatic carbocycles. The first kappa shape index (κ1) is 14.3. The molecular weight excluding hydrogens is 252 g/mol. The molecule has 0 spiro atoms. The van der Waals surface area contributed by atoms with Crippen LogP contribution >= 0.6 is 0 Å². The molecule has 5 heteroatoms. The van der Waals surface area contributed by atoms with Crippen LogP contribution in [-0.2, 0) is 12.8 Å². The standard InChI is InChI=1S/C15H20N4O/c1-3-7-12-14(19-16)17-10-18-15(12)20-13-9-6-5-8-11(13)4-2/h5-6,8-10H,3-4,7,16H2,1-2H3,(H,17,18,19). The third-order valence-electron chi connectivity index (χ3n) is 3.10. The Morgan fingerprint density at radius 1 is 1.20 bits per heavy atom. The number of para-hydroxylation sites is 1. The first-order valence-electron chi connectivity index (χ1n) is 6.86. The van der Waals surface area contributed by atoms with Crippen molar-refractivity contribution in [3.05, 3.63) is 41.7 Å². The number of hydrazine groups is 1. The highest BCUT2D eigenvalue weighted by Crippen LogP contribution is 2.29. The summed E-state index contributed by atoms with van der Waals surface area (Å²) < 4.78 is 5.98. The zero-order valence-corrected chi connectivity index (χ0v) is 11.9. The van der Waals surface area contributed by atoms with E-state index in [1.54, 1.807) is 0 Å². The van der Waals surface area contributed by atoms with Crippen LogP contribution in [0.15, 0.2) is 30.6 Å². The first-order chi connectivity index (χ1) is 9.80. The smallest absolute Gasteiger partial charge is 0.227 e. The molecule has 0 radical (unpaired) electrons. The summed E-state index contributed by atoms with van der Waals surface area (Å²) in [6.45, 7) is 4.19. The maximum Gasteiger partial charge on any atom is 0.227 e. The summed E-state index contributed by atoms with van der Waals surface area (Å²) in [6.07, 6.45) is 4.14. The highest BCUT2D eigenvalue weighted by atomic mass is 16.5. The monoisotopic (exact) mass is 272 g/mol. The van der Waals surface area contributed by atoms with E-state index >= 15 is 0 Å². The Morgan fingerprint density at radius 3 is 2.70 bits per heavy atom. The fourth-order valence-corrected chi connectivity index (χ4v) is 2.08. The summed E-state index contributed by atoms with van der Waals surface area (Å²) >= 11 is 0. The van der Waals surface area contributed by atoms with Crippen molar-refractivity contribution >= 4 is 5.82 Å². The lowest BCUT2D eigenvalue weighted by Crippen LogP contribution is -2.12. The number of nitrogens with one attached hydrogen (secondary N) is 1. The molecular formula is C15H20N4O. The second kappa shape index (κ2) is 6.86. The number of nitrogens with two attached hydrogens (primary N) is 1. The fourth-order valence-electron chi connectivity index (χ4n) is 2.08. The van der Waals surface area contributed by atoms with Crippen molar-refractivity contribution in [2.75, 3.05) is 5.43 Å². The van der Waals surface area contributed by atoms with Crippen LogP contribution in [0.1, 0.15) is 31.4 Å². The predicted octanol–water partition coefficient (Wildman–Crippen LogP) is 3.07. The normalized spacial score (nSPS) is 10.3. The molecule has 0 bridgehead atoms. The van der Waals surface area contributed by atoms with Crippen molar-refractivity contribution in [1.29, 1.82) is 0 Å². The highest BCUT2D eigenvalue weighted by Gasteiger charge is 2.13. The molecule has 0 unspecified atom stereocenters. The van der Waals surface area contributed by atoms with Crippen LogP contribution in [0.25, 0.3) is 0 Å². The maximum absolute atomic E-state index is 5.98. The molecule has 0 aliphatic heterocycles. The van der Waals surface area contributed by atoms with Crippen molar-refractivity contribution in [2.45, 2.75) is 33.1 Å². The van der Waals surface area contributed by atoms with Gasteiger partial charge in [-0.25, -0.2) is 15.8 Å². The van der Waals surface area contributed by atoms with E-state index in [0.29, 0.717) is 11.7 Å². The molecule has 20 heavy (non-hydrogen) atoms. The topological polar surface area (TPSA) is 73.1 Å². The van der Waals surface area contributed by atoms with Crippen LogP contribution in [0, 0.1) is 0 Å². The number of nitrogen functional groups attached to an aromatic ring is 1. The van der Waals surface area contributed by atoms with Crippen molar-refractivity contribution in [2.24, 2.45) is 5.84 Å². The second-order valence-corrected chi connectivity index (χ2v) is 4.46. The summed E-state index contributed by atoms with van der Waals surface area (Å²) in [5.41, 5.74) is 4.66. The van der Waals surface area contributed by atoms with Crippen LogP contribution in [-0.4, -0.2) is 9.97 Å². The van der Waals surface area contributed by atoms with E-state index in [2.05, 4.69) is 35.3 Å². The fraction of sp³-hybridized carbons (Fsp3) is 0.333. The van der Waals surface area contributed by atoms with Crippen molar-refractivity contribution < 1.29 is 4.74 Å². The van der Waals surface area contributed by atoms with Gasteiger partial charge in [0, 0.05) is 0 Å². The zero-order valence-electron chi connectivity index (χ0n) is 11.9. The molecule has 0 fully saturated rings. The number of aryl methyl sites for hydroxylation is 1. The van der Waals surface area contributed by atoms with E-state index < -0.39 is 0 Å². The lowest BCUT2D eigenvalue weighted by atomic mass is 10.1. The largest absolute Gasteiger partial charge is 0.438 e. The third-order valence-corrected chi connectivity index (χ3v) is 3.10. The first-order valence-corrected chi connectivity index (χ1v) is 6.86. The number of nitrogens with zero attached hydrogens (tertiary/aromatic N) is 2. The van der Waals surface area contributed by atoms with Crippen LogP contribution < -0.4 is 16.0 Å². The predicted molar refractivity (Wildman–Crippen MR) is 79.7 cm³/mol. The maximum atomic E-state index is 5.98. The minimum absolute atomic E-state index is 0.565. The minimum atomic E-state index is 0.565. The summed E-state index contributed by atoms with van der Waals surface area (Å²) in [5, 5.41) is 0. The van der Waals surface area contributed by atoms with E-state index in [-0.39, 0.29) is 0 Å². The molecule has 0 saturated carbocycles. The van der Waals surface area contributed by atoms with Gasteiger partial charge in [0.05, 0.1) is 5.56 Å². The lowest BCUT2D eigenvalue weighted by molar-refractivity contribution is 0.449. The summed E-state index contributed by atoms with van der Waals surface area (Å²) in [6, 6.07) is 7.97. The van der Waals surface area contributed by atoms with Gasteiger partial charge in [0.1, 0.15) is 17.9 Å². The summed E-state index contributed by atoms with van der Waals surface area (Å²) in [7, 11) is 0. The molecule has 1 aromatic heterocycles. The molecule has 3 N–H and O–H groups in total. The molecule has 1 heterocycles. The molecule has 0 saturated heterocycles. The quantitative estimate of drug-likeness (QED) is 0.624. The second-order valence-electron chi connectivity index (χ2n) is 4.46. The van der Waals surface area contributed by atoms with Crippen LogP contribution in [0.3, 0.4) is 0 Å². The Bertz CT molecular complexity index is 572. The van der Waals surface area contributed by atoms with Gasteiger partial charge in [-0.15, -0.1) is 0 Å². The Morgan fingerprint density at radius 2 is 2.00 bits per heavy atom. The number of aromatic nitrogens is 2. The number of hydrogen-bond acceptors (Lipinski definition) is 5. The van der Waals surface area contributed by atoms with Gasteiger partial charge in [-0.2, -0.15) is 0 Å². The van der Waals surface area contributed by atoms with E-state index in [4.69, 9.17) is 10.6 Å². The van der Waals surface area contributed by atoms with E-state index in [0.717, 1.165) is 36.1 Å². The molecule has 0 atom stereocenters. The van der Waals surface area contributed by atoms with Gasteiger partial charge < -0.3 is 10.2 Å². The van der Waals surface area contributed by atoms with Gasteiger partial charge in [0.15, 0.2) is 0 Å². The van der Waals surface area contributed by atoms with Gasteiger partial charge in [0.25, 0.3) is 0 Å². The average Bonchev–Trinajstić information content (AvgIpc) is 2.49. The average molecular weight is 272 g/mol. The Kier molecular flexibility index (Phi) is 4.90. The van der Waals surface area contributed by atoms with Gasteiger partial charge in [0.2, 0.25) is 5.88 Å².